The van der Waals surface area contributed by atoms with Crippen molar-refractivity contribution in [3.63, 3.8) is 0 Å². The summed E-state index contributed by atoms with van der Waals surface area (Å²) in [6.45, 7) is 0.616. The molecule has 4 rings (SSSR count). The molecule has 1 amide bonds. The van der Waals surface area contributed by atoms with Crippen LogP contribution in [0.4, 0.5) is 11.5 Å². The second-order valence-electron chi connectivity index (χ2n) is 5.16. The van der Waals surface area contributed by atoms with Gasteiger partial charge in [-0.2, -0.15) is 0 Å². The van der Waals surface area contributed by atoms with E-state index < -0.39 is 0 Å². The van der Waals surface area contributed by atoms with Crippen molar-refractivity contribution in [3.8, 4) is 0 Å². The highest BCUT2D eigenvalue weighted by atomic mass is 16.1. The number of rotatable bonds is 3. The molecule has 0 radical (unpaired) electrons. The van der Waals surface area contributed by atoms with Crippen LogP contribution >= 0.6 is 0 Å². The smallest absolute Gasteiger partial charge is 0.225 e. The van der Waals surface area contributed by atoms with E-state index in [-0.39, 0.29) is 11.8 Å². The summed E-state index contributed by atoms with van der Waals surface area (Å²) in [5.74, 6) is 0.814. The lowest BCUT2D eigenvalue weighted by Crippen LogP contribution is -2.27. The van der Waals surface area contributed by atoms with Gasteiger partial charge >= 0.3 is 0 Å². The fourth-order valence-electron chi connectivity index (χ4n) is 2.66. The maximum absolute atomic E-state index is 11.8. The van der Waals surface area contributed by atoms with E-state index in [1.165, 1.54) is 4.63 Å². The lowest BCUT2D eigenvalue weighted by Gasteiger charge is -2.25. The van der Waals surface area contributed by atoms with Crippen molar-refractivity contribution in [2.75, 3.05) is 17.2 Å². The van der Waals surface area contributed by atoms with Crippen molar-refractivity contribution < 1.29 is 4.79 Å². The number of amides is 1. The van der Waals surface area contributed by atoms with E-state index in [9.17, 15) is 4.79 Å². The number of fused-ring (bicyclic) bond motifs is 2. The van der Waals surface area contributed by atoms with Gasteiger partial charge < -0.3 is 10.6 Å². The maximum atomic E-state index is 11.8. The Bertz CT molecular complexity index is 844. The monoisotopic (exact) mass is 295 g/mol. The van der Waals surface area contributed by atoms with Crippen LogP contribution in [0.25, 0.3) is 5.65 Å². The number of hydrogen-bond acceptors (Lipinski definition) is 6. The van der Waals surface area contributed by atoms with Gasteiger partial charge in [-0.25, -0.2) is 0 Å². The lowest BCUT2D eigenvalue weighted by atomic mass is 9.90. The van der Waals surface area contributed by atoms with Crippen molar-refractivity contribution in [3.05, 3.63) is 42.0 Å². The molecule has 0 spiro atoms. The molecule has 110 valence electrons. The number of nitrogens with one attached hydrogen (secondary N) is 2. The molecule has 22 heavy (non-hydrogen) atoms. The van der Waals surface area contributed by atoms with E-state index in [1.54, 1.807) is 6.07 Å². The Morgan fingerprint density at radius 1 is 1.27 bits per heavy atom. The van der Waals surface area contributed by atoms with Crippen LogP contribution in [0.3, 0.4) is 0 Å². The first-order chi connectivity index (χ1) is 10.8. The van der Waals surface area contributed by atoms with Crippen molar-refractivity contribution >= 4 is 23.1 Å². The molecule has 8 nitrogen and oxygen atoms in total. The molecule has 3 aromatic rings. The van der Waals surface area contributed by atoms with E-state index in [0.29, 0.717) is 24.4 Å². The van der Waals surface area contributed by atoms with Crippen LogP contribution in [0.15, 0.2) is 36.4 Å². The summed E-state index contributed by atoms with van der Waals surface area (Å²) < 4.78 is 1.36. The zero-order valence-electron chi connectivity index (χ0n) is 11.6. The average molecular weight is 295 g/mol. The SMILES string of the molecule is O=C1C[C@@H](CNc2ccc3nnnn3n2)c2ccccc2N1. The van der Waals surface area contributed by atoms with E-state index in [1.807, 2.05) is 30.3 Å². The first-order valence-electron chi connectivity index (χ1n) is 6.98. The zero-order valence-corrected chi connectivity index (χ0v) is 11.6. The van der Waals surface area contributed by atoms with E-state index in [2.05, 4.69) is 31.3 Å². The molecule has 1 aliphatic heterocycles. The minimum Gasteiger partial charge on any atom is -0.368 e. The van der Waals surface area contributed by atoms with Crippen molar-refractivity contribution in [1.29, 1.82) is 0 Å². The molecule has 0 fully saturated rings. The van der Waals surface area contributed by atoms with Gasteiger partial charge in [0.15, 0.2) is 5.65 Å². The number of hydrogen-bond donors (Lipinski definition) is 2. The van der Waals surface area contributed by atoms with Crippen LogP contribution in [-0.4, -0.2) is 37.7 Å². The van der Waals surface area contributed by atoms with Gasteiger partial charge in [0, 0.05) is 24.6 Å². The molecule has 0 unspecified atom stereocenters. The molecule has 0 bridgehead atoms. The molecule has 1 atom stereocenters. The van der Waals surface area contributed by atoms with Crippen LogP contribution < -0.4 is 10.6 Å². The first kappa shape index (κ1) is 12.7. The number of anilines is 2. The summed E-state index contributed by atoms with van der Waals surface area (Å²) in [5.41, 5.74) is 2.61. The third kappa shape index (κ3) is 2.24. The van der Waals surface area contributed by atoms with Gasteiger partial charge in [0.25, 0.3) is 0 Å². The van der Waals surface area contributed by atoms with Crippen LogP contribution in [0.2, 0.25) is 0 Å². The quantitative estimate of drug-likeness (QED) is 0.750. The number of carbonyl (C=O) groups excluding carboxylic acids is 1. The van der Waals surface area contributed by atoms with Crippen LogP contribution in [0, 0.1) is 0 Å². The average Bonchev–Trinajstić information content (AvgIpc) is 3.00. The highest BCUT2D eigenvalue weighted by Crippen LogP contribution is 2.31. The molecular weight excluding hydrogens is 282 g/mol. The molecule has 8 heteroatoms. The van der Waals surface area contributed by atoms with Crippen LogP contribution in [0.5, 0.6) is 0 Å². The molecule has 1 aliphatic rings. The lowest BCUT2D eigenvalue weighted by molar-refractivity contribution is -0.116. The molecule has 0 saturated heterocycles. The normalized spacial score (nSPS) is 17.1. The number of aromatic nitrogens is 5. The van der Waals surface area contributed by atoms with Gasteiger partial charge in [-0.3, -0.25) is 4.79 Å². The maximum Gasteiger partial charge on any atom is 0.225 e. The minimum absolute atomic E-state index is 0.0365. The third-order valence-corrected chi connectivity index (χ3v) is 3.71. The van der Waals surface area contributed by atoms with Crippen LogP contribution in [-0.2, 0) is 4.79 Å². The third-order valence-electron chi connectivity index (χ3n) is 3.71. The standard InChI is InChI=1S/C14H13N7O/c22-14-7-9(10-3-1-2-4-11(10)16-14)8-15-12-5-6-13-17-19-20-21(13)18-12/h1-6,9H,7-8H2,(H,15,18)(H,16,22)/t9-/m0/s1. The Morgan fingerprint density at radius 3 is 3.14 bits per heavy atom. The predicted molar refractivity (Wildman–Crippen MR) is 79.5 cm³/mol. The summed E-state index contributed by atoms with van der Waals surface area (Å²) in [7, 11) is 0. The van der Waals surface area contributed by atoms with Crippen molar-refractivity contribution in [2.24, 2.45) is 0 Å². The second kappa shape index (κ2) is 5.06. The van der Waals surface area contributed by atoms with Gasteiger partial charge in [-0.05, 0) is 34.2 Å². The number of carbonyl (C=O) groups is 1. The summed E-state index contributed by atoms with van der Waals surface area (Å²) in [6, 6.07) is 11.5. The highest BCUT2D eigenvalue weighted by Gasteiger charge is 2.24. The second-order valence-corrected chi connectivity index (χ2v) is 5.16. The Hall–Kier alpha value is -3.03. The van der Waals surface area contributed by atoms with Gasteiger partial charge in [0.05, 0.1) is 0 Å². The van der Waals surface area contributed by atoms with E-state index in [4.69, 9.17) is 0 Å². The van der Waals surface area contributed by atoms with Gasteiger partial charge in [-0.15, -0.1) is 14.8 Å². The van der Waals surface area contributed by atoms with Gasteiger partial charge in [0.2, 0.25) is 5.91 Å². The summed E-state index contributed by atoms with van der Waals surface area (Å²) in [6.07, 6.45) is 0.455. The van der Waals surface area contributed by atoms with Gasteiger partial charge in [0.1, 0.15) is 5.82 Å². The molecule has 0 aliphatic carbocycles. The Morgan fingerprint density at radius 2 is 2.18 bits per heavy atom. The topological polar surface area (TPSA) is 97.1 Å². The minimum atomic E-state index is 0.0365. The molecule has 3 heterocycles. The molecule has 2 aromatic heterocycles. The summed E-state index contributed by atoms with van der Waals surface area (Å²) in [4.78, 5) is 11.8. The van der Waals surface area contributed by atoms with Crippen molar-refractivity contribution in [2.45, 2.75) is 12.3 Å². The Labute approximate surface area is 125 Å². The molecule has 2 N–H and O–H groups in total. The first-order valence-corrected chi connectivity index (χ1v) is 6.98. The molecular formula is C14H13N7O. The predicted octanol–water partition coefficient (Wildman–Crippen LogP) is 1.06. The largest absolute Gasteiger partial charge is 0.368 e. The Balaban J connectivity index is 1.54. The number of tetrazole rings is 1. The van der Waals surface area contributed by atoms with Crippen molar-refractivity contribution in [1.82, 2.24) is 25.3 Å². The Kier molecular flexibility index (Phi) is 2.92. The van der Waals surface area contributed by atoms with Crippen LogP contribution in [0.1, 0.15) is 17.9 Å². The number of para-hydroxylation sites is 1. The zero-order chi connectivity index (χ0) is 14.9. The molecule has 0 saturated carbocycles. The summed E-state index contributed by atoms with van der Waals surface area (Å²) >= 11 is 0. The summed E-state index contributed by atoms with van der Waals surface area (Å²) in [5, 5.41) is 21.5. The van der Waals surface area contributed by atoms with E-state index in [0.717, 1.165) is 11.3 Å². The fourth-order valence-corrected chi connectivity index (χ4v) is 2.66. The van der Waals surface area contributed by atoms with Gasteiger partial charge in [-0.1, -0.05) is 18.2 Å². The molecule has 1 aromatic carbocycles. The fraction of sp³-hybridized carbons (Fsp3) is 0.214. The number of benzene rings is 1. The highest BCUT2D eigenvalue weighted by molar-refractivity contribution is 5.94. The number of nitrogens with zero attached hydrogens (tertiary/aromatic N) is 5. The van der Waals surface area contributed by atoms with E-state index >= 15 is 0 Å².